The molecule has 0 aromatic heterocycles. The molecule has 14 heavy (non-hydrogen) atoms. The summed E-state index contributed by atoms with van der Waals surface area (Å²) in [6.45, 7) is -5.72. The Hall–Kier alpha value is 0.501. The predicted octanol–water partition coefficient (Wildman–Crippen LogP) is -0.838. The van der Waals surface area contributed by atoms with Gasteiger partial charge in [-0.3, -0.25) is 0 Å². The molecule has 0 heterocycles. The average molecular weight is 238 g/mol. The summed E-state index contributed by atoms with van der Waals surface area (Å²) in [4.78, 5) is 0. The molecule has 0 bridgehead atoms. The third kappa shape index (κ3) is 3.27. The number of rotatable bonds is 1. The van der Waals surface area contributed by atoms with Crippen molar-refractivity contribution in [3.8, 4) is 0 Å². The van der Waals surface area contributed by atoms with Crippen LogP contribution in [-0.4, -0.2) is 6.98 Å². The molecule has 0 aliphatic heterocycles. The smallest absolute Gasteiger partial charge is 0.445 e. The van der Waals surface area contributed by atoms with Gasteiger partial charge in [0, 0.05) is 6.07 Å². The molecule has 0 N–H and O–H groups in total. The molecule has 0 saturated carbocycles. The van der Waals surface area contributed by atoms with Crippen molar-refractivity contribution in [2.24, 2.45) is 0 Å². The van der Waals surface area contributed by atoms with E-state index in [1.165, 1.54) is 0 Å². The Bertz CT molecular complexity index is 336. The van der Waals surface area contributed by atoms with Crippen LogP contribution in [0.3, 0.4) is 0 Å². The molecular formula is C6H2BF6K. The van der Waals surface area contributed by atoms with Crippen LogP contribution >= 0.6 is 0 Å². The first-order valence-corrected chi connectivity index (χ1v) is 3.16. The molecule has 0 aliphatic rings. The molecule has 0 saturated heterocycles. The zero-order chi connectivity index (χ0) is 10.2. The SMILES string of the molecule is Fc1cc(F)c(F)c([B-](F)(F)F)c1.[K+]. The third-order valence-corrected chi connectivity index (χ3v) is 1.37. The van der Waals surface area contributed by atoms with Gasteiger partial charge in [0.2, 0.25) is 0 Å². The van der Waals surface area contributed by atoms with Gasteiger partial charge in [-0.15, -0.1) is 0 Å². The van der Waals surface area contributed by atoms with Crippen molar-refractivity contribution in [1.82, 2.24) is 0 Å². The molecule has 1 aromatic carbocycles. The van der Waals surface area contributed by atoms with Crippen LogP contribution in [0.5, 0.6) is 0 Å². The Morgan fingerprint density at radius 2 is 1.43 bits per heavy atom. The van der Waals surface area contributed by atoms with Crippen LogP contribution in [0.15, 0.2) is 12.1 Å². The van der Waals surface area contributed by atoms with E-state index in [9.17, 15) is 26.1 Å². The van der Waals surface area contributed by atoms with Gasteiger partial charge < -0.3 is 12.9 Å². The van der Waals surface area contributed by atoms with Crippen LogP contribution in [0, 0.1) is 17.5 Å². The monoisotopic (exact) mass is 238 g/mol. The summed E-state index contributed by atoms with van der Waals surface area (Å²) in [6, 6.07) is -0.0148. The molecule has 0 aliphatic carbocycles. The fourth-order valence-electron chi connectivity index (χ4n) is 0.814. The van der Waals surface area contributed by atoms with Crippen molar-refractivity contribution in [1.29, 1.82) is 0 Å². The van der Waals surface area contributed by atoms with E-state index in [-0.39, 0.29) is 63.5 Å². The molecule has 1 rings (SSSR count). The summed E-state index contributed by atoms with van der Waals surface area (Å²) in [7, 11) is 0. The first kappa shape index (κ1) is 14.5. The maximum Gasteiger partial charge on any atom is 1.00 e. The largest absolute Gasteiger partial charge is 1.00 e. The normalized spacial score (nSPS) is 11.0. The molecule has 0 unspecified atom stereocenters. The molecule has 1 aromatic rings. The van der Waals surface area contributed by atoms with E-state index in [0.717, 1.165) is 0 Å². The van der Waals surface area contributed by atoms with Crippen LogP contribution in [0.4, 0.5) is 26.1 Å². The number of hydrogen-bond donors (Lipinski definition) is 0. The van der Waals surface area contributed by atoms with Crippen LogP contribution in [0.25, 0.3) is 0 Å². The van der Waals surface area contributed by atoms with E-state index in [1.54, 1.807) is 0 Å². The van der Waals surface area contributed by atoms with Crippen molar-refractivity contribution >= 4 is 12.4 Å². The summed E-state index contributed by atoms with van der Waals surface area (Å²) in [5.41, 5.74) is -1.88. The van der Waals surface area contributed by atoms with Crippen molar-refractivity contribution in [3.05, 3.63) is 29.6 Å². The van der Waals surface area contributed by atoms with Gasteiger partial charge in [0.25, 0.3) is 0 Å². The maximum absolute atomic E-state index is 12.4. The minimum absolute atomic E-state index is 0. The zero-order valence-electron chi connectivity index (χ0n) is 7.00. The van der Waals surface area contributed by atoms with E-state index in [4.69, 9.17) is 0 Å². The average Bonchev–Trinajstić information content (AvgIpc) is 1.94. The van der Waals surface area contributed by atoms with E-state index in [0.29, 0.717) is 0 Å². The Morgan fingerprint density at radius 1 is 0.929 bits per heavy atom. The minimum atomic E-state index is -5.72. The second-order valence-corrected chi connectivity index (χ2v) is 2.37. The Balaban J connectivity index is 0.00000169. The summed E-state index contributed by atoms with van der Waals surface area (Å²) in [5.74, 6) is -5.35. The first-order valence-electron chi connectivity index (χ1n) is 3.16. The summed E-state index contributed by atoms with van der Waals surface area (Å²) in [6.07, 6.45) is 0. The van der Waals surface area contributed by atoms with Crippen LogP contribution in [-0.2, 0) is 0 Å². The Morgan fingerprint density at radius 3 is 1.86 bits per heavy atom. The number of hydrogen-bond acceptors (Lipinski definition) is 0. The van der Waals surface area contributed by atoms with Gasteiger partial charge in [-0.05, 0) is 0 Å². The van der Waals surface area contributed by atoms with Gasteiger partial charge in [-0.25, -0.2) is 13.2 Å². The van der Waals surface area contributed by atoms with Crippen molar-refractivity contribution < 1.29 is 77.5 Å². The number of benzene rings is 1. The van der Waals surface area contributed by atoms with Gasteiger partial charge in [0.15, 0.2) is 5.82 Å². The quantitative estimate of drug-likeness (QED) is 0.340. The second-order valence-electron chi connectivity index (χ2n) is 2.37. The topological polar surface area (TPSA) is 0 Å². The molecule has 8 heteroatoms. The Labute approximate surface area is 118 Å². The molecule has 0 nitrogen and oxygen atoms in total. The van der Waals surface area contributed by atoms with Crippen LogP contribution in [0.2, 0.25) is 0 Å². The molecular weight excluding hydrogens is 236 g/mol. The maximum atomic E-state index is 12.4. The van der Waals surface area contributed by atoms with E-state index >= 15 is 0 Å². The van der Waals surface area contributed by atoms with E-state index in [1.807, 2.05) is 0 Å². The van der Waals surface area contributed by atoms with Gasteiger partial charge in [-0.1, -0.05) is 11.5 Å². The third-order valence-electron chi connectivity index (χ3n) is 1.37. The second kappa shape index (κ2) is 5.02. The summed E-state index contributed by atoms with van der Waals surface area (Å²) >= 11 is 0. The van der Waals surface area contributed by atoms with Crippen molar-refractivity contribution in [3.63, 3.8) is 0 Å². The van der Waals surface area contributed by atoms with Gasteiger partial charge in [-0.2, -0.15) is 0 Å². The van der Waals surface area contributed by atoms with Crippen LogP contribution in [0.1, 0.15) is 0 Å². The van der Waals surface area contributed by atoms with Crippen molar-refractivity contribution in [2.75, 3.05) is 0 Å². The number of halogens is 6. The molecule has 0 amide bonds. The van der Waals surface area contributed by atoms with E-state index < -0.39 is 29.9 Å². The van der Waals surface area contributed by atoms with E-state index in [2.05, 4.69) is 0 Å². The van der Waals surface area contributed by atoms with Gasteiger partial charge >= 0.3 is 58.4 Å². The predicted molar refractivity (Wildman–Crippen MR) is 35.0 cm³/mol. The molecule has 0 fully saturated rings. The molecule has 0 radical (unpaired) electrons. The Kier molecular flexibility index (Phi) is 5.20. The molecule has 72 valence electrons. The molecule has 0 spiro atoms. The standard InChI is InChI=1S/C6H2BF6.K/c8-3-1-4(7(11,12)13)6(10)5(9)2-3;/h1-2H;/q-1;+1. The minimum Gasteiger partial charge on any atom is -0.445 e. The molecule has 0 atom stereocenters. The van der Waals surface area contributed by atoms with Crippen LogP contribution < -0.4 is 56.8 Å². The fourth-order valence-corrected chi connectivity index (χ4v) is 0.814. The summed E-state index contributed by atoms with van der Waals surface area (Å²) in [5, 5.41) is 0. The fraction of sp³-hybridized carbons (Fsp3) is 0. The summed E-state index contributed by atoms with van der Waals surface area (Å²) < 4.78 is 72.6. The zero-order valence-corrected chi connectivity index (χ0v) is 10.1. The van der Waals surface area contributed by atoms with Gasteiger partial charge in [0.1, 0.15) is 11.6 Å². The van der Waals surface area contributed by atoms with Crippen molar-refractivity contribution in [2.45, 2.75) is 0 Å². The first-order chi connectivity index (χ1) is 5.82. The van der Waals surface area contributed by atoms with Gasteiger partial charge in [0.05, 0.1) is 0 Å².